The molecule has 0 unspecified atom stereocenters. The minimum absolute atomic E-state index is 0.0187. The van der Waals surface area contributed by atoms with E-state index in [1.54, 1.807) is 36.4 Å². The van der Waals surface area contributed by atoms with E-state index in [2.05, 4.69) is 0 Å². The van der Waals surface area contributed by atoms with Crippen LogP contribution in [0.3, 0.4) is 0 Å². The van der Waals surface area contributed by atoms with E-state index in [1.165, 1.54) is 12.1 Å². The maximum absolute atomic E-state index is 12.8. The Morgan fingerprint density at radius 2 is 1.36 bits per heavy atom. The van der Waals surface area contributed by atoms with Crippen LogP contribution < -0.4 is 0 Å². The van der Waals surface area contributed by atoms with Crippen LogP contribution in [0.2, 0.25) is 0 Å². The molecule has 0 spiro atoms. The molecule has 0 amide bonds. The summed E-state index contributed by atoms with van der Waals surface area (Å²) < 4.78 is 25.6. The smallest absolute Gasteiger partial charge is 0.234 e. The van der Waals surface area contributed by atoms with Crippen molar-refractivity contribution in [2.24, 2.45) is 0 Å². The average Bonchev–Trinajstić information content (AvgIpc) is 2.70. The van der Waals surface area contributed by atoms with Gasteiger partial charge in [0.05, 0.1) is 4.90 Å². The molecule has 0 aliphatic rings. The molecular weight excluding hydrogens is 392 g/mol. The molecule has 0 radical (unpaired) electrons. The summed E-state index contributed by atoms with van der Waals surface area (Å²) in [5, 5.41) is 0. The zero-order valence-corrected chi connectivity index (χ0v) is 17.9. The lowest BCUT2D eigenvalue weighted by molar-refractivity contribution is 0.0971. The van der Waals surface area contributed by atoms with Gasteiger partial charge >= 0.3 is 0 Å². The first-order chi connectivity index (χ1) is 13.4. The monoisotopic (exact) mass is 418 g/mol. The van der Waals surface area contributed by atoms with Gasteiger partial charge in [0.2, 0.25) is 8.87 Å². The van der Waals surface area contributed by atoms with Gasteiger partial charge in [-0.25, -0.2) is 8.42 Å². The topological polar surface area (TPSA) is 68.3 Å². The summed E-state index contributed by atoms with van der Waals surface area (Å²) in [7, 11) is -2.99. The average molecular weight is 419 g/mol. The molecule has 0 aliphatic carbocycles. The molecule has 2 rings (SSSR count). The van der Waals surface area contributed by atoms with Crippen molar-refractivity contribution in [1.29, 1.82) is 0 Å². The molecule has 0 aliphatic heterocycles. The Bertz CT molecular complexity index is 933. The molecule has 0 N–H and O–H groups in total. The van der Waals surface area contributed by atoms with E-state index in [1.807, 2.05) is 13.8 Å². The molecule has 4 nitrogen and oxygen atoms in total. The summed E-state index contributed by atoms with van der Waals surface area (Å²) in [6.45, 7) is 4.03. The van der Waals surface area contributed by atoms with Crippen LogP contribution in [0.15, 0.2) is 58.3 Å². The van der Waals surface area contributed by atoms with Crippen LogP contribution in [-0.4, -0.2) is 20.0 Å². The van der Waals surface area contributed by atoms with Crippen LogP contribution in [-0.2, 0) is 8.87 Å². The molecule has 0 heterocycles. The number of ketones is 2. The van der Waals surface area contributed by atoms with Crippen LogP contribution in [0.25, 0.3) is 0 Å². The molecule has 28 heavy (non-hydrogen) atoms. The van der Waals surface area contributed by atoms with Crippen molar-refractivity contribution in [2.45, 2.75) is 62.2 Å². The zero-order chi connectivity index (χ0) is 20.6. The molecule has 0 atom stereocenters. The Hall–Kier alpha value is -1.92. The largest absolute Gasteiger partial charge is 0.294 e. The molecule has 0 saturated heterocycles. The van der Waals surface area contributed by atoms with Crippen molar-refractivity contribution in [3.05, 3.63) is 59.7 Å². The predicted molar refractivity (Wildman–Crippen MR) is 114 cm³/mol. The van der Waals surface area contributed by atoms with E-state index >= 15 is 0 Å². The van der Waals surface area contributed by atoms with Crippen LogP contribution in [0, 0.1) is 0 Å². The molecule has 0 aromatic heterocycles. The van der Waals surface area contributed by atoms with Crippen molar-refractivity contribution in [2.75, 3.05) is 0 Å². The molecule has 150 valence electrons. The highest BCUT2D eigenvalue weighted by Gasteiger charge is 2.19. The summed E-state index contributed by atoms with van der Waals surface area (Å²) in [5.74, 6) is -0.0300. The van der Waals surface area contributed by atoms with Gasteiger partial charge in [-0.3, -0.25) is 9.59 Å². The van der Waals surface area contributed by atoms with Gasteiger partial charge < -0.3 is 0 Å². The molecule has 2 aromatic carbocycles. The molecule has 0 bridgehead atoms. The Morgan fingerprint density at radius 1 is 0.821 bits per heavy atom. The fourth-order valence-corrected chi connectivity index (χ4v) is 5.53. The van der Waals surface area contributed by atoms with Crippen molar-refractivity contribution in [3.8, 4) is 0 Å². The summed E-state index contributed by atoms with van der Waals surface area (Å²) in [6.07, 6.45) is 4.31. The lowest BCUT2D eigenvalue weighted by Gasteiger charge is -2.07. The van der Waals surface area contributed by atoms with Gasteiger partial charge in [0.1, 0.15) is 0 Å². The standard InChI is InChI=1S/C22H26O4S2/c1-3-5-13-21(23)17-9-7-11-19(15-17)27-28(25,26)20-12-8-10-18(16-20)22(24)14-6-4-2/h7-12,15-16H,3-6,13-14H2,1-2H3. The minimum Gasteiger partial charge on any atom is -0.294 e. The first-order valence-corrected chi connectivity index (χ1v) is 12.4. The van der Waals surface area contributed by atoms with Crippen LogP contribution >= 0.6 is 10.8 Å². The highest BCUT2D eigenvalue weighted by atomic mass is 33.1. The Kier molecular flexibility index (Phi) is 8.45. The van der Waals surface area contributed by atoms with Gasteiger partial charge in [-0.2, -0.15) is 0 Å². The number of hydrogen-bond donors (Lipinski definition) is 0. The number of carbonyl (C=O) groups is 2. The van der Waals surface area contributed by atoms with E-state index in [0.717, 1.165) is 25.7 Å². The number of rotatable bonds is 11. The number of Topliss-reactive ketones (excluding diaryl/α,β-unsaturated/α-hetero) is 2. The van der Waals surface area contributed by atoms with Crippen LogP contribution in [0.5, 0.6) is 0 Å². The third-order valence-corrected chi connectivity index (χ3v) is 7.63. The minimum atomic E-state index is -3.70. The summed E-state index contributed by atoms with van der Waals surface area (Å²) in [5.41, 5.74) is 0.941. The number of hydrogen-bond acceptors (Lipinski definition) is 5. The van der Waals surface area contributed by atoms with Gasteiger partial charge in [0.25, 0.3) is 0 Å². The normalized spacial score (nSPS) is 11.4. The second kappa shape index (κ2) is 10.6. The maximum Gasteiger partial charge on any atom is 0.234 e. The quantitative estimate of drug-likeness (QED) is 0.335. The van der Waals surface area contributed by atoms with E-state index in [-0.39, 0.29) is 16.5 Å². The molecule has 6 heteroatoms. The van der Waals surface area contributed by atoms with Crippen LogP contribution in [0.4, 0.5) is 0 Å². The molecule has 0 fully saturated rings. The summed E-state index contributed by atoms with van der Waals surface area (Å²) >= 11 is 0. The third kappa shape index (κ3) is 6.31. The van der Waals surface area contributed by atoms with E-state index in [9.17, 15) is 18.0 Å². The lowest BCUT2D eigenvalue weighted by atomic mass is 10.1. The second-order valence-electron chi connectivity index (χ2n) is 6.65. The van der Waals surface area contributed by atoms with E-state index in [0.29, 0.717) is 39.7 Å². The van der Waals surface area contributed by atoms with Gasteiger partial charge in [-0.05, 0) is 37.1 Å². The zero-order valence-electron chi connectivity index (χ0n) is 16.3. The van der Waals surface area contributed by atoms with Gasteiger partial charge in [-0.15, -0.1) is 0 Å². The summed E-state index contributed by atoms with van der Waals surface area (Å²) in [6, 6.07) is 12.9. The fraction of sp³-hybridized carbons (Fsp3) is 0.364. The number of unbranched alkanes of at least 4 members (excludes halogenated alkanes) is 2. The van der Waals surface area contributed by atoms with E-state index in [4.69, 9.17) is 0 Å². The highest BCUT2D eigenvalue weighted by Crippen LogP contribution is 2.32. The molecule has 0 saturated carbocycles. The molecular formula is C22H26O4S2. The third-order valence-electron chi connectivity index (χ3n) is 4.32. The fourth-order valence-electron chi connectivity index (χ4n) is 2.68. The van der Waals surface area contributed by atoms with Crippen molar-refractivity contribution < 1.29 is 18.0 Å². The predicted octanol–water partition coefficient (Wildman–Crippen LogP) is 5.91. The first kappa shape index (κ1) is 22.4. The Morgan fingerprint density at radius 3 is 1.93 bits per heavy atom. The maximum atomic E-state index is 12.8. The second-order valence-corrected chi connectivity index (χ2v) is 10.5. The first-order valence-electron chi connectivity index (χ1n) is 9.58. The van der Waals surface area contributed by atoms with Crippen molar-refractivity contribution >= 4 is 31.2 Å². The number of carbonyl (C=O) groups excluding carboxylic acids is 2. The van der Waals surface area contributed by atoms with Gasteiger partial charge in [-0.1, -0.05) is 51.0 Å². The van der Waals surface area contributed by atoms with E-state index < -0.39 is 8.87 Å². The Labute approximate surface area is 171 Å². The van der Waals surface area contributed by atoms with Crippen molar-refractivity contribution in [1.82, 2.24) is 0 Å². The SMILES string of the molecule is CCCCC(=O)c1cccc(SS(=O)(=O)c2cccc(C(=O)CCCC)c2)c1. The molecule has 2 aromatic rings. The van der Waals surface area contributed by atoms with Crippen LogP contribution in [0.1, 0.15) is 73.1 Å². The number of benzene rings is 2. The van der Waals surface area contributed by atoms with Crippen molar-refractivity contribution in [3.63, 3.8) is 0 Å². The Balaban J connectivity index is 2.20. The highest BCUT2D eigenvalue weighted by molar-refractivity contribution is 8.72. The lowest BCUT2D eigenvalue weighted by Crippen LogP contribution is -2.02. The van der Waals surface area contributed by atoms with Gasteiger partial charge in [0.15, 0.2) is 11.6 Å². The summed E-state index contributed by atoms with van der Waals surface area (Å²) in [4.78, 5) is 25.0. The van der Waals surface area contributed by atoms with Gasteiger partial charge in [0, 0.05) is 39.7 Å².